The monoisotopic (exact) mass is 390 g/mol. The van der Waals surface area contributed by atoms with Crippen molar-refractivity contribution in [1.29, 1.82) is 0 Å². The van der Waals surface area contributed by atoms with Crippen LogP contribution in [-0.2, 0) is 19.7 Å². The fraction of sp³-hybridized carbons (Fsp3) is 0.875. The van der Waals surface area contributed by atoms with Crippen molar-refractivity contribution < 1.29 is 22.7 Å². The molecule has 9 nitrogen and oxygen atoms in total. The van der Waals surface area contributed by atoms with Gasteiger partial charge in [0.2, 0.25) is 5.91 Å². The van der Waals surface area contributed by atoms with Gasteiger partial charge in [0, 0.05) is 45.3 Å². The molecule has 2 rings (SSSR count). The Morgan fingerprint density at radius 2 is 1.77 bits per heavy atom. The van der Waals surface area contributed by atoms with E-state index < -0.39 is 16.3 Å². The van der Waals surface area contributed by atoms with Gasteiger partial charge in [-0.2, -0.15) is 17.0 Å². The van der Waals surface area contributed by atoms with Crippen molar-refractivity contribution in [3.63, 3.8) is 0 Å². The summed E-state index contributed by atoms with van der Waals surface area (Å²) >= 11 is 0. The molecule has 26 heavy (non-hydrogen) atoms. The highest BCUT2D eigenvalue weighted by Crippen LogP contribution is 2.22. The number of hydrogen-bond donors (Lipinski definition) is 1. The van der Waals surface area contributed by atoms with Gasteiger partial charge in [-0.25, -0.2) is 4.79 Å². The Bertz CT molecular complexity index is 602. The van der Waals surface area contributed by atoms with E-state index in [9.17, 15) is 18.0 Å². The number of rotatable bonds is 5. The zero-order valence-electron chi connectivity index (χ0n) is 15.8. The third-order valence-electron chi connectivity index (χ3n) is 4.60. The van der Waals surface area contributed by atoms with Crippen LogP contribution in [0.3, 0.4) is 0 Å². The van der Waals surface area contributed by atoms with E-state index in [1.54, 1.807) is 6.92 Å². The number of amides is 2. The molecular formula is C16H30N4O5S. The SMILES string of the molecule is CCOC(=O)N1CCN(S(=O)(=O)N2CCC[C@@H](C(=O)NC(C)C)C2)CC1. The highest BCUT2D eigenvalue weighted by atomic mass is 32.2. The number of nitrogens with zero attached hydrogens (tertiary/aromatic N) is 3. The molecule has 1 N–H and O–H groups in total. The van der Waals surface area contributed by atoms with E-state index in [-0.39, 0.29) is 37.5 Å². The first-order valence-corrected chi connectivity index (χ1v) is 10.6. The lowest BCUT2D eigenvalue weighted by atomic mass is 9.98. The second-order valence-corrected chi connectivity index (χ2v) is 8.88. The molecule has 1 atom stereocenters. The predicted molar refractivity (Wildman–Crippen MR) is 96.7 cm³/mol. The first-order chi connectivity index (χ1) is 12.3. The Balaban J connectivity index is 1.95. The van der Waals surface area contributed by atoms with Crippen molar-refractivity contribution in [2.24, 2.45) is 5.92 Å². The minimum atomic E-state index is -3.63. The van der Waals surface area contributed by atoms with Crippen LogP contribution in [0.15, 0.2) is 0 Å². The van der Waals surface area contributed by atoms with Crippen LogP contribution in [0, 0.1) is 5.92 Å². The van der Waals surface area contributed by atoms with Crippen LogP contribution in [0.5, 0.6) is 0 Å². The molecule has 2 heterocycles. The van der Waals surface area contributed by atoms with Crippen LogP contribution in [0.4, 0.5) is 4.79 Å². The van der Waals surface area contributed by atoms with Crippen LogP contribution in [0.2, 0.25) is 0 Å². The van der Waals surface area contributed by atoms with E-state index in [0.717, 1.165) is 0 Å². The van der Waals surface area contributed by atoms with Crippen LogP contribution >= 0.6 is 0 Å². The van der Waals surface area contributed by atoms with Crippen LogP contribution < -0.4 is 5.32 Å². The van der Waals surface area contributed by atoms with E-state index >= 15 is 0 Å². The van der Waals surface area contributed by atoms with E-state index in [4.69, 9.17) is 4.74 Å². The fourth-order valence-electron chi connectivity index (χ4n) is 3.25. The standard InChI is InChI=1S/C16H30N4O5S/c1-4-25-16(22)18-8-10-19(11-9-18)26(23,24)20-7-5-6-14(12-20)15(21)17-13(2)3/h13-14H,4-12H2,1-3H3,(H,17,21)/t14-/m1/s1. The maximum Gasteiger partial charge on any atom is 0.409 e. The van der Waals surface area contributed by atoms with Gasteiger partial charge in [-0.05, 0) is 33.6 Å². The Morgan fingerprint density at radius 1 is 1.12 bits per heavy atom. The summed E-state index contributed by atoms with van der Waals surface area (Å²) in [6.45, 7) is 7.53. The van der Waals surface area contributed by atoms with Crippen LogP contribution in [0.1, 0.15) is 33.6 Å². The molecule has 0 spiro atoms. The Morgan fingerprint density at radius 3 is 2.35 bits per heavy atom. The third kappa shape index (κ3) is 5.08. The predicted octanol–water partition coefficient (Wildman–Crippen LogP) is 0.242. The van der Waals surface area contributed by atoms with E-state index in [0.29, 0.717) is 39.1 Å². The fourth-order valence-corrected chi connectivity index (χ4v) is 4.93. The largest absolute Gasteiger partial charge is 0.450 e. The lowest BCUT2D eigenvalue weighted by Crippen LogP contribution is -2.56. The zero-order valence-corrected chi connectivity index (χ0v) is 16.6. The molecule has 10 heteroatoms. The minimum absolute atomic E-state index is 0.0328. The van der Waals surface area contributed by atoms with Gasteiger partial charge in [0.05, 0.1) is 12.5 Å². The van der Waals surface area contributed by atoms with Gasteiger partial charge in [0.1, 0.15) is 0 Å². The first-order valence-electron chi connectivity index (χ1n) is 9.23. The second-order valence-electron chi connectivity index (χ2n) is 6.95. The minimum Gasteiger partial charge on any atom is -0.450 e. The lowest BCUT2D eigenvalue weighted by Gasteiger charge is -2.38. The summed E-state index contributed by atoms with van der Waals surface area (Å²) in [4.78, 5) is 25.5. The number of piperazine rings is 1. The molecule has 150 valence electrons. The lowest BCUT2D eigenvalue weighted by molar-refractivity contribution is -0.126. The summed E-state index contributed by atoms with van der Waals surface area (Å²) in [6.07, 6.45) is 0.951. The molecule has 0 radical (unpaired) electrons. The van der Waals surface area contributed by atoms with Gasteiger partial charge in [0.15, 0.2) is 0 Å². The summed E-state index contributed by atoms with van der Waals surface area (Å²) in [5.74, 6) is -0.409. The van der Waals surface area contributed by atoms with Gasteiger partial charge < -0.3 is 15.0 Å². The third-order valence-corrected chi connectivity index (χ3v) is 6.61. The van der Waals surface area contributed by atoms with Crippen molar-refractivity contribution in [2.45, 2.75) is 39.7 Å². The molecule has 0 aromatic heterocycles. The number of carbonyl (C=O) groups is 2. The first kappa shape index (κ1) is 20.9. The summed E-state index contributed by atoms with van der Waals surface area (Å²) < 4.78 is 33.6. The average molecular weight is 391 g/mol. The number of ether oxygens (including phenoxy) is 1. The quantitative estimate of drug-likeness (QED) is 0.725. The van der Waals surface area contributed by atoms with Gasteiger partial charge >= 0.3 is 6.09 Å². The van der Waals surface area contributed by atoms with Crippen LogP contribution in [-0.4, -0.2) is 85.8 Å². The van der Waals surface area contributed by atoms with Crippen molar-refractivity contribution >= 4 is 22.2 Å². The molecule has 0 aromatic carbocycles. The molecule has 2 fully saturated rings. The van der Waals surface area contributed by atoms with Crippen molar-refractivity contribution in [2.75, 3.05) is 45.9 Å². The molecule has 2 amide bonds. The Hall–Kier alpha value is -1.39. The summed E-state index contributed by atoms with van der Waals surface area (Å²) in [5.41, 5.74) is 0. The van der Waals surface area contributed by atoms with E-state index in [2.05, 4.69) is 5.32 Å². The topological polar surface area (TPSA) is 99.3 Å². The van der Waals surface area contributed by atoms with Crippen LogP contribution in [0.25, 0.3) is 0 Å². The molecule has 2 aliphatic heterocycles. The van der Waals surface area contributed by atoms with Gasteiger partial charge in [0.25, 0.3) is 10.2 Å². The summed E-state index contributed by atoms with van der Waals surface area (Å²) in [5, 5.41) is 2.86. The van der Waals surface area contributed by atoms with E-state index in [1.165, 1.54) is 13.5 Å². The molecular weight excluding hydrogens is 360 g/mol. The maximum atomic E-state index is 12.9. The highest BCUT2D eigenvalue weighted by Gasteiger charge is 2.37. The second kappa shape index (κ2) is 9.01. The normalized spacial score (nSPS) is 23.1. The number of piperidine rings is 1. The van der Waals surface area contributed by atoms with Crippen molar-refractivity contribution in [1.82, 2.24) is 18.8 Å². The average Bonchev–Trinajstić information content (AvgIpc) is 2.61. The highest BCUT2D eigenvalue weighted by molar-refractivity contribution is 7.86. The number of hydrogen-bond acceptors (Lipinski definition) is 5. The summed E-state index contributed by atoms with van der Waals surface area (Å²) in [6, 6.07) is 0.0328. The van der Waals surface area contributed by atoms with Gasteiger partial charge in [-0.15, -0.1) is 0 Å². The van der Waals surface area contributed by atoms with Gasteiger partial charge in [-0.3, -0.25) is 4.79 Å². The molecule has 0 aliphatic carbocycles. The Labute approximate surface area is 155 Å². The number of carbonyl (C=O) groups excluding carboxylic acids is 2. The van der Waals surface area contributed by atoms with Crippen molar-refractivity contribution in [3.05, 3.63) is 0 Å². The zero-order chi connectivity index (χ0) is 19.3. The molecule has 0 aromatic rings. The molecule has 0 unspecified atom stereocenters. The molecule has 2 saturated heterocycles. The Kier molecular flexibility index (Phi) is 7.24. The maximum absolute atomic E-state index is 12.9. The smallest absolute Gasteiger partial charge is 0.409 e. The van der Waals surface area contributed by atoms with E-state index in [1.807, 2.05) is 13.8 Å². The molecule has 2 aliphatic rings. The molecule has 0 saturated carbocycles. The van der Waals surface area contributed by atoms with Crippen molar-refractivity contribution in [3.8, 4) is 0 Å². The van der Waals surface area contributed by atoms with Gasteiger partial charge in [-0.1, -0.05) is 0 Å². The molecule has 0 bridgehead atoms. The summed E-state index contributed by atoms with van der Waals surface area (Å²) in [7, 11) is -3.63. The number of nitrogens with one attached hydrogen (secondary N) is 1.